The maximum absolute atomic E-state index is 15.5. The summed E-state index contributed by atoms with van der Waals surface area (Å²) < 4.78 is 33.2. The van der Waals surface area contributed by atoms with E-state index in [0.717, 1.165) is 120 Å². The van der Waals surface area contributed by atoms with Crippen LogP contribution in [0.1, 0.15) is 159 Å². The van der Waals surface area contributed by atoms with Crippen LogP contribution in [-0.4, -0.2) is 110 Å². The van der Waals surface area contributed by atoms with Crippen LogP contribution in [0.3, 0.4) is 0 Å². The van der Waals surface area contributed by atoms with Crippen molar-refractivity contribution in [1.82, 2.24) is 9.88 Å². The van der Waals surface area contributed by atoms with E-state index in [1.807, 2.05) is 24.4 Å². The molecule has 4 aromatic carbocycles. The minimum Gasteiger partial charge on any atom is -0.506 e. The van der Waals surface area contributed by atoms with Crippen LogP contribution in [0.25, 0.3) is 33.3 Å². The van der Waals surface area contributed by atoms with Gasteiger partial charge < -0.3 is 59.1 Å². The van der Waals surface area contributed by atoms with Crippen molar-refractivity contribution in [3.05, 3.63) is 110 Å². The first-order chi connectivity index (χ1) is 36.4. The van der Waals surface area contributed by atoms with Crippen molar-refractivity contribution in [2.45, 2.75) is 150 Å². The summed E-state index contributed by atoms with van der Waals surface area (Å²) in [6, 6.07) is 9.84. The molecule has 9 atom stereocenters. The van der Waals surface area contributed by atoms with Crippen molar-refractivity contribution in [2.24, 2.45) is 5.92 Å². The van der Waals surface area contributed by atoms with E-state index in [4.69, 9.17) is 23.7 Å². The Morgan fingerprint density at radius 3 is 2.65 bits per heavy atom. The van der Waals surface area contributed by atoms with E-state index in [-0.39, 0.29) is 72.2 Å². The van der Waals surface area contributed by atoms with E-state index < -0.39 is 54.3 Å². The first-order valence-corrected chi connectivity index (χ1v) is 27.2. The van der Waals surface area contributed by atoms with Gasteiger partial charge in [0.1, 0.15) is 41.7 Å². The fourth-order valence-corrected chi connectivity index (χ4v) is 15.1. The highest BCUT2D eigenvalue weighted by atomic mass is 16.7. The largest absolute Gasteiger partial charge is 0.506 e. The van der Waals surface area contributed by atoms with Crippen molar-refractivity contribution in [2.75, 3.05) is 26.9 Å². The number of nitrogens with one attached hydrogen (secondary N) is 1. The minimum absolute atomic E-state index is 0.0131. The summed E-state index contributed by atoms with van der Waals surface area (Å²) in [7, 11) is 1.59. The number of nitrogens with zero attached hydrogens (tertiary/aromatic N) is 1. The topological polar surface area (TPSA) is 200 Å². The maximum Gasteiger partial charge on any atom is 0.254 e. The van der Waals surface area contributed by atoms with Crippen LogP contribution < -0.4 is 9.47 Å². The van der Waals surface area contributed by atoms with Crippen molar-refractivity contribution in [3.8, 4) is 29.3 Å². The van der Waals surface area contributed by atoms with Crippen LogP contribution in [-0.2, 0) is 40.0 Å². The number of hydrogen-bond donors (Lipinski definition) is 6. The number of hydrogen-bond acceptors (Lipinski definition) is 12. The molecule has 5 heterocycles. The average Bonchev–Trinajstić information content (AvgIpc) is 4.23. The SMILES string of the molecule is COc1c2c3c4c(O)c(c5c6c4c1CCC6=CC1CCCC51)C(=O)CN1Cc4c(cccc4C1=O)CC#COC1C(O)C(COC(c4c[nH]c5cc6c(cc45)C(CC4(O)CCCCC4)CC6)C=C2)OC(O3)C1(O)CO. The van der Waals surface area contributed by atoms with Gasteiger partial charge in [0.15, 0.2) is 17.5 Å². The number of aryl methyl sites for hydroxylation is 2. The molecule has 0 spiro atoms. The molecule has 3 fully saturated rings. The molecule has 5 aliphatic carbocycles. The van der Waals surface area contributed by atoms with Crippen LogP contribution in [0.15, 0.2) is 48.7 Å². The van der Waals surface area contributed by atoms with Crippen LogP contribution >= 0.6 is 0 Å². The zero-order chi connectivity index (χ0) is 51.1. The highest BCUT2D eigenvalue weighted by molar-refractivity contribution is 6.17. The lowest BCUT2D eigenvalue weighted by Crippen LogP contribution is -2.70. The van der Waals surface area contributed by atoms with Gasteiger partial charge in [0, 0.05) is 52.1 Å². The van der Waals surface area contributed by atoms with Crippen LogP contribution in [0, 0.1) is 17.9 Å². The number of methoxy groups -OCH3 is 1. The molecule has 6 N–H and O–H groups in total. The standard InChI is InChI=1S/C61H62N2O12/c1-71-55-38-16-15-34-22-32-9-6-11-36(32)49-48(34)50(38)52-54(67)51(49)45(65)28-63-27-43-31(8-5-12-37(43)58(63)68)10-7-21-72-57-53(66)47-29-73-46(18-17-39(55)56(52)75-59(74-47)61(57,70)30-64)42-26-62-44-23-33-13-14-35(40(33)24-41(42)44)25-60(69)19-3-2-4-20-60/h5,8,12,17-18,22-24,26,32,35-36,46-47,53,57,59,62,64,66-67,69-70H,2-4,6,9-11,13-16,19-20,25,27-30H2,1H3. The number of phenols is 1. The molecule has 75 heavy (non-hydrogen) atoms. The number of carbonyl (C=O) groups excluding carboxylic acids is 2. The third kappa shape index (κ3) is 7.21. The second-order valence-corrected chi connectivity index (χ2v) is 22.9. The number of ether oxygens (including phenoxy) is 5. The average molecular weight is 1020 g/mol. The molecule has 388 valence electrons. The zero-order valence-corrected chi connectivity index (χ0v) is 42.1. The molecular weight excluding hydrogens is 953 g/mol. The van der Waals surface area contributed by atoms with Gasteiger partial charge in [-0.3, -0.25) is 9.59 Å². The first-order valence-electron chi connectivity index (χ1n) is 27.2. The Morgan fingerprint density at radius 2 is 1.81 bits per heavy atom. The smallest absolute Gasteiger partial charge is 0.254 e. The first kappa shape index (κ1) is 47.3. The molecule has 14 rings (SSSR count). The van der Waals surface area contributed by atoms with E-state index in [2.05, 4.69) is 35.2 Å². The lowest BCUT2D eigenvalue weighted by Gasteiger charge is -2.47. The van der Waals surface area contributed by atoms with Gasteiger partial charge in [-0.05, 0) is 139 Å². The Morgan fingerprint density at radius 1 is 0.947 bits per heavy atom. The molecule has 8 bridgehead atoms. The number of ketones is 1. The molecule has 0 radical (unpaired) electrons. The molecule has 9 unspecified atom stereocenters. The molecular formula is C61H62N2O12. The third-order valence-electron chi connectivity index (χ3n) is 18.8. The number of allylic oxidation sites excluding steroid dienone is 2. The molecule has 1 saturated heterocycles. The summed E-state index contributed by atoms with van der Waals surface area (Å²) in [5.41, 5.74) is 7.03. The maximum atomic E-state index is 15.5. The molecule has 2 saturated carbocycles. The molecule has 5 aromatic rings. The summed E-state index contributed by atoms with van der Waals surface area (Å²) in [6.07, 6.45) is 15.2. The summed E-state index contributed by atoms with van der Waals surface area (Å²) in [5.74, 6) is 2.76. The number of amides is 1. The van der Waals surface area contributed by atoms with Gasteiger partial charge in [-0.15, -0.1) is 0 Å². The van der Waals surface area contributed by atoms with E-state index in [9.17, 15) is 30.3 Å². The van der Waals surface area contributed by atoms with E-state index in [0.29, 0.717) is 35.1 Å². The number of carbonyl (C=O) groups is 2. The van der Waals surface area contributed by atoms with E-state index >= 15 is 4.79 Å². The predicted molar refractivity (Wildman–Crippen MR) is 277 cm³/mol. The number of aliphatic hydroxyl groups is 4. The Labute approximate surface area is 434 Å². The monoisotopic (exact) mass is 1010 g/mol. The highest BCUT2D eigenvalue weighted by Gasteiger charge is 2.59. The van der Waals surface area contributed by atoms with E-state index in [1.165, 1.54) is 16.0 Å². The Balaban J connectivity index is 0.997. The molecule has 14 heteroatoms. The number of fused-ring (bicyclic) bond motifs is 9. The quantitative estimate of drug-likeness (QED) is 0.0927. The number of aromatic amines is 1. The fraction of sp³-hybridized carbons (Fsp3) is 0.475. The van der Waals surface area contributed by atoms with Crippen LogP contribution in [0.4, 0.5) is 0 Å². The van der Waals surface area contributed by atoms with Crippen molar-refractivity contribution < 1.29 is 58.8 Å². The lowest BCUT2D eigenvalue weighted by molar-refractivity contribution is -0.328. The summed E-state index contributed by atoms with van der Waals surface area (Å²) in [5, 5.41) is 63.3. The van der Waals surface area contributed by atoms with Gasteiger partial charge >= 0.3 is 0 Å². The number of phenolic OH excluding ortho intramolecular Hbond substituents is 1. The van der Waals surface area contributed by atoms with Gasteiger partial charge in [0.2, 0.25) is 6.29 Å². The number of rotatable bonds is 5. The zero-order valence-electron chi connectivity index (χ0n) is 42.1. The second kappa shape index (κ2) is 17.7. The van der Waals surface area contributed by atoms with Crippen molar-refractivity contribution in [1.29, 1.82) is 0 Å². The summed E-state index contributed by atoms with van der Waals surface area (Å²) in [4.78, 5) is 34.7. The van der Waals surface area contributed by atoms with E-state index in [1.54, 1.807) is 19.2 Å². The Kier molecular flexibility index (Phi) is 11.2. The number of aliphatic hydroxyl groups excluding tert-OH is 2. The van der Waals surface area contributed by atoms with Crippen molar-refractivity contribution in [3.63, 3.8) is 0 Å². The minimum atomic E-state index is -2.47. The number of H-pyrrole nitrogens is 1. The molecule has 1 aromatic heterocycles. The third-order valence-corrected chi connectivity index (χ3v) is 18.8. The predicted octanol–water partition coefficient (Wildman–Crippen LogP) is 8.09. The highest BCUT2D eigenvalue weighted by Crippen LogP contribution is 2.60. The number of aromatic hydroxyl groups is 1. The van der Waals surface area contributed by atoms with Crippen LogP contribution in [0.2, 0.25) is 0 Å². The fourth-order valence-electron chi connectivity index (χ4n) is 15.1. The summed E-state index contributed by atoms with van der Waals surface area (Å²) >= 11 is 0. The Bertz CT molecular complexity index is 3390. The molecule has 9 aliphatic rings. The molecule has 14 nitrogen and oxygen atoms in total. The molecule has 4 aliphatic heterocycles. The number of Topliss-reactive ketones (excluding diaryl/α,β-unsaturated/α-hetero) is 1. The second-order valence-electron chi connectivity index (χ2n) is 22.9. The van der Waals surface area contributed by atoms with Gasteiger partial charge in [0.25, 0.3) is 5.91 Å². The van der Waals surface area contributed by atoms with Crippen LogP contribution in [0.5, 0.6) is 17.2 Å². The van der Waals surface area contributed by atoms with Crippen molar-refractivity contribution >= 4 is 45.0 Å². The summed E-state index contributed by atoms with van der Waals surface area (Å²) in [6.45, 7) is -1.36. The van der Waals surface area contributed by atoms with Gasteiger partial charge in [-0.2, -0.15) is 0 Å². The molecule has 1 amide bonds. The van der Waals surface area contributed by atoms with Gasteiger partial charge in [-0.25, -0.2) is 0 Å². The van der Waals surface area contributed by atoms with Gasteiger partial charge in [0.05, 0.1) is 49.0 Å². The van der Waals surface area contributed by atoms with Gasteiger partial charge in [-0.1, -0.05) is 55.9 Å². The normalized spacial score (nSPS) is 30.1. The Hall–Kier alpha value is -6.18. The number of benzene rings is 4. The number of aromatic nitrogens is 1. The lowest BCUT2D eigenvalue weighted by atomic mass is 9.69.